The minimum Gasteiger partial charge on any atom is -0.351 e. The molecule has 2 heterocycles. The Morgan fingerprint density at radius 3 is 2.53 bits per heavy atom. The molecule has 154 valence electrons. The first-order chi connectivity index (χ1) is 14.5. The second kappa shape index (κ2) is 7.17. The van der Waals surface area contributed by atoms with Crippen LogP contribution in [0.3, 0.4) is 0 Å². The number of carbonyl (C=O) groups is 2. The molecule has 5 rings (SSSR count). The van der Waals surface area contributed by atoms with Gasteiger partial charge in [-0.15, -0.1) is 0 Å². The van der Waals surface area contributed by atoms with E-state index in [0.717, 1.165) is 36.6 Å². The van der Waals surface area contributed by atoms with Gasteiger partial charge in [-0.2, -0.15) is 0 Å². The van der Waals surface area contributed by atoms with E-state index in [9.17, 15) is 9.59 Å². The molecule has 3 aromatic rings. The summed E-state index contributed by atoms with van der Waals surface area (Å²) in [7, 11) is 0. The molecule has 0 spiro atoms. The van der Waals surface area contributed by atoms with Crippen molar-refractivity contribution in [3.63, 3.8) is 0 Å². The number of para-hydroxylation sites is 1. The summed E-state index contributed by atoms with van der Waals surface area (Å²) in [5, 5.41) is 4.81. The topological polar surface area (TPSA) is 54.3 Å². The Morgan fingerprint density at radius 2 is 1.80 bits per heavy atom. The van der Waals surface area contributed by atoms with Crippen LogP contribution in [0.5, 0.6) is 0 Å². The lowest BCUT2D eigenvalue weighted by Gasteiger charge is -2.44. The van der Waals surface area contributed by atoms with E-state index in [2.05, 4.69) is 5.32 Å². The van der Waals surface area contributed by atoms with Crippen LogP contribution >= 0.6 is 11.6 Å². The molecule has 1 N–H and O–H groups in total. The number of halogens is 1. The Morgan fingerprint density at radius 1 is 1.10 bits per heavy atom. The number of fused-ring (bicyclic) bond motifs is 3. The average Bonchev–Trinajstić information content (AvgIpc) is 3.37. The molecule has 6 heteroatoms. The highest BCUT2D eigenvalue weighted by molar-refractivity contribution is 6.30. The van der Waals surface area contributed by atoms with Crippen molar-refractivity contribution in [2.24, 2.45) is 0 Å². The maximum absolute atomic E-state index is 13.7. The van der Waals surface area contributed by atoms with Gasteiger partial charge >= 0.3 is 0 Å². The molecule has 1 aromatic heterocycles. The molecular weight excluding hydrogens is 398 g/mol. The highest BCUT2D eigenvalue weighted by Gasteiger charge is 2.49. The van der Waals surface area contributed by atoms with Crippen molar-refractivity contribution in [1.29, 1.82) is 0 Å². The van der Waals surface area contributed by atoms with Gasteiger partial charge in [0.25, 0.3) is 5.91 Å². The second-order valence-electron chi connectivity index (χ2n) is 8.52. The third-order valence-corrected chi connectivity index (χ3v) is 6.71. The van der Waals surface area contributed by atoms with Crippen LogP contribution in [0.25, 0.3) is 10.9 Å². The zero-order chi connectivity index (χ0) is 20.9. The third-order valence-electron chi connectivity index (χ3n) is 6.46. The first kappa shape index (κ1) is 19.2. The molecule has 1 atom stereocenters. The molecule has 2 aromatic carbocycles. The Hall–Kier alpha value is -2.79. The number of rotatable bonds is 3. The lowest BCUT2D eigenvalue weighted by molar-refractivity contribution is -0.127. The quantitative estimate of drug-likeness (QED) is 0.662. The molecule has 0 radical (unpaired) electrons. The van der Waals surface area contributed by atoms with Gasteiger partial charge in [-0.3, -0.25) is 14.5 Å². The molecule has 30 heavy (non-hydrogen) atoms. The van der Waals surface area contributed by atoms with Crippen molar-refractivity contribution >= 4 is 40.0 Å². The molecule has 1 aliphatic carbocycles. The van der Waals surface area contributed by atoms with Crippen molar-refractivity contribution in [2.45, 2.75) is 50.7 Å². The molecular formula is C24H24ClN3O2. The number of carbonyl (C=O) groups excluding carboxylic acids is 2. The Bertz CT molecular complexity index is 1130. The van der Waals surface area contributed by atoms with Crippen molar-refractivity contribution < 1.29 is 9.59 Å². The lowest BCUT2D eigenvalue weighted by atomic mass is 9.93. The molecule has 1 saturated carbocycles. The molecule has 0 bridgehead atoms. The molecule has 0 unspecified atom stereocenters. The Kier molecular flexibility index (Phi) is 4.58. The molecule has 0 saturated heterocycles. The van der Waals surface area contributed by atoms with Crippen LogP contribution < -0.4 is 10.2 Å². The zero-order valence-electron chi connectivity index (χ0n) is 16.9. The first-order valence-electron chi connectivity index (χ1n) is 10.5. The van der Waals surface area contributed by atoms with Crippen LogP contribution in [0.2, 0.25) is 5.02 Å². The zero-order valence-corrected chi connectivity index (χ0v) is 17.7. The fraction of sp³-hybridized carbons (Fsp3) is 0.333. The summed E-state index contributed by atoms with van der Waals surface area (Å²) in [6, 6.07) is 17.1. The molecule has 1 aliphatic heterocycles. The maximum Gasteiger partial charge on any atom is 0.275 e. The van der Waals surface area contributed by atoms with Gasteiger partial charge in [-0.1, -0.05) is 42.6 Å². The Balaban J connectivity index is 1.63. The summed E-state index contributed by atoms with van der Waals surface area (Å²) in [5.74, 6) is -0.287. The molecule has 1 fully saturated rings. The van der Waals surface area contributed by atoms with E-state index in [1.54, 1.807) is 29.2 Å². The van der Waals surface area contributed by atoms with Crippen LogP contribution in [0.15, 0.2) is 54.6 Å². The van der Waals surface area contributed by atoms with Gasteiger partial charge in [0, 0.05) is 27.7 Å². The van der Waals surface area contributed by atoms with E-state index in [4.69, 9.17) is 11.6 Å². The summed E-state index contributed by atoms with van der Waals surface area (Å²) in [4.78, 5) is 29.0. The maximum atomic E-state index is 13.7. The average molecular weight is 422 g/mol. The van der Waals surface area contributed by atoms with Gasteiger partial charge in [0.2, 0.25) is 5.91 Å². The van der Waals surface area contributed by atoms with E-state index in [1.807, 2.05) is 41.8 Å². The fourth-order valence-electron chi connectivity index (χ4n) is 4.85. The number of hydrogen-bond acceptors (Lipinski definition) is 2. The van der Waals surface area contributed by atoms with Crippen molar-refractivity contribution in [3.05, 3.63) is 65.3 Å². The SMILES string of the molecule is C[C@]1(C(=O)NC2CCCC2)Cn2c(cc3ccccc32)C(=O)N1c1ccc(Cl)cc1. The first-order valence-corrected chi connectivity index (χ1v) is 10.8. The second-order valence-corrected chi connectivity index (χ2v) is 8.96. The van der Waals surface area contributed by atoms with Gasteiger partial charge in [-0.05, 0) is 56.2 Å². The summed E-state index contributed by atoms with van der Waals surface area (Å²) in [5.41, 5.74) is 1.18. The van der Waals surface area contributed by atoms with Crippen LogP contribution in [0.1, 0.15) is 43.1 Å². The predicted molar refractivity (Wildman–Crippen MR) is 119 cm³/mol. The van der Waals surface area contributed by atoms with E-state index >= 15 is 0 Å². The van der Waals surface area contributed by atoms with Gasteiger partial charge in [-0.25, -0.2) is 0 Å². The van der Waals surface area contributed by atoms with E-state index in [1.165, 1.54) is 0 Å². The van der Waals surface area contributed by atoms with Crippen molar-refractivity contribution in [3.8, 4) is 0 Å². The van der Waals surface area contributed by atoms with Gasteiger partial charge in [0.05, 0.1) is 6.54 Å². The third kappa shape index (κ3) is 3.00. The normalized spacial score (nSPS) is 21.8. The summed E-state index contributed by atoms with van der Waals surface area (Å²) in [6.07, 6.45) is 4.25. The molecule has 2 amide bonds. The van der Waals surface area contributed by atoms with Crippen LogP contribution in [-0.4, -0.2) is 28.0 Å². The largest absolute Gasteiger partial charge is 0.351 e. The molecule has 2 aliphatic rings. The minimum absolute atomic E-state index is 0.110. The summed E-state index contributed by atoms with van der Waals surface area (Å²) < 4.78 is 1.98. The monoisotopic (exact) mass is 421 g/mol. The lowest BCUT2D eigenvalue weighted by Crippen LogP contribution is -2.65. The van der Waals surface area contributed by atoms with Gasteiger partial charge in [0.1, 0.15) is 11.2 Å². The number of amides is 2. The van der Waals surface area contributed by atoms with E-state index < -0.39 is 5.54 Å². The number of benzene rings is 2. The van der Waals surface area contributed by atoms with Crippen LogP contribution in [-0.2, 0) is 11.3 Å². The van der Waals surface area contributed by atoms with Crippen LogP contribution in [0, 0.1) is 0 Å². The fourth-order valence-corrected chi connectivity index (χ4v) is 4.98. The highest BCUT2D eigenvalue weighted by atomic mass is 35.5. The van der Waals surface area contributed by atoms with E-state index in [-0.39, 0.29) is 17.9 Å². The van der Waals surface area contributed by atoms with Crippen LogP contribution in [0.4, 0.5) is 5.69 Å². The summed E-state index contributed by atoms with van der Waals surface area (Å²) in [6.45, 7) is 2.25. The number of hydrogen-bond donors (Lipinski definition) is 1. The number of nitrogens with zero attached hydrogens (tertiary/aromatic N) is 2. The van der Waals surface area contributed by atoms with E-state index in [0.29, 0.717) is 22.9 Å². The number of anilines is 1. The van der Waals surface area contributed by atoms with Crippen molar-refractivity contribution in [2.75, 3.05) is 4.90 Å². The smallest absolute Gasteiger partial charge is 0.275 e. The summed E-state index contributed by atoms with van der Waals surface area (Å²) >= 11 is 6.08. The number of aromatic nitrogens is 1. The highest BCUT2D eigenvalue weighted by Crippen LogP contribution is 2.36. The number of nitrogens with one attached hydrogen (secondary N) is 1. The standard InChI is InChI=1S/C24H24ClN3O2/c1-24(23(30)26-18-7-3-4-8-18)15-27-20-9-5-2-6-16(20)14-21(27)22(29)28(24)19-12-10-17(25)11-13-19/h2,5-6,9-14,18H,3-4,7-8,15H2,1H3,(H,26,30)/t24-/m1/s1. The molecule has 5 nitrogen and oxygen atoms in total. The van der Waals surface area contributed by atoms with Gasteiger partial charge < -0.3 is 9.88 Å². The Labute approximate surface area is 180 Å². The van der Waals surface area contributed by atoms with Gasteiger partial charge in [0.15, 0.2) is 0 Å². The predicted octanol–water partition coefficient (Wildman–Crippen LogP) is 4.77. The minimum atomic E-state index is -1.05. The van der Waals surface area contributed by atoms with Crippen molar-refractivity contribution in [1.82, 2.24) is 9.88 Å².